The van der Waals surface area contributed by atoms with Crippen molar-refractivity contribution in [2.45, 2.75) is 37.9 Å². The molecule has 0 aliphatic heterocycles. The number of alkyl halides is 1. The number of halogens is 1. The van der Waals surface area contributed by atoms with Crippen molar-refractivity contribution in [2.75, 3.05) is 11.9 Å². The van der Waals surface area contributed by atoms with Crippen LogP contribution >= 0.6 is 0 Å². The molecule has 152 valence electrons. The smallest absolute Gasteiger partial charge is 0.158 e. The molecule has 1 saturated carbocycles. The first-order valence-corrected chi connectivity index (χ1v) is 9.83. The van der Waals surface area contributed by atoms with Crippen molar-refractivity contribution in [3.8, 4) is 34.3 Å². The monoisotopic (exact) mass is 404 g/mol. The van der Waals surface area contributed by atoms with Crippen LogP contribution in [0.15, 0.2) is 42.7 Å². The van der Waals surface area contributed by atoms with Crippen LogP contribution in [0.2, 0.25) is 0 Å². The molecular formula is C22H21FN6O. The molecule has 0 bridgehead atoms. The van der Waals surface area contributed by atoms with E-state index in [1.54, 1.807) is 30.3 Å². The number of hydrogen-bond acceptors (Lipinski definition) is 7. The highest BCUT2D eigenvalue weighted by atomic mass is 19.1. The standard InChI is InChI=1S/C22H21FN6O/c1-29(20-5-3-2-4-17(20)23)22-9-8-18(27-28-22)16-7-6-14(10-21(16)30)19-13-25-15(11-24)12-26-19/h6-10,12-13,17,20,30H,2-5H2,1H3/t17-,20+/m1/s1. The molecular weight excluding hydrogens is 383 g/mol. The van der Waals surface area contributed by atoms with Crippen LogP contribution in [0.5, 0.6) is 5.75 Å². The van der Waals surface area contributed by atoms with E-state index in [9.17, 15) is 9.50 Å². The number of benzene rings is 1. The van der Waals surface area contributed by atoms with E-state index in [0.29, 0.717) is 34.8 Å². The summed E-state index contributed by atoms with van der Waals surface area (Å²) in [6, 6.07) is 10.4. The maximum Gasteiger partial charge on any atom is 0.158 e. The van der Waals surface area contributed by atoms with Crippen LogP contribution in [0.1, 0.15) is 31.4 Å². The molecule has 2 aromatic heterocycles. The molecule has 1 aliphatic carbocycles. The molecule has 0 amide bonds. The lowest BCUT2D eigenvalue weighted by Gasteiger charge is -2.34. The quantitative estimate of drug-likeness (QED) is 0.704. The fraction of sp³-hybridized carbons (Fsp3) is 0.318. The van der Waals surface area contributed by atoms with Gasteiger partial charge in [-0.2, -0.15) is 5.26 Å². The van der Waals surface area contributed by atoms with Crippen LogP contribution in [-0.4, -0.2) is 44.5 Å². The number of phenolic OH excluding ortho intramolecular Hbond substituents is 1. The van der Waals surface area contributed by atoms with Gasteiger partial charge in [-0.25, -0.2) is 9.37 Å². The van der Waals surface area contributed by atoms with Gasteiger partial charge < -0.3 is 10.0 Å². The van der Waals surface area contributed by atoms with Crippen LogP contribution in [0.4, 0.5) is 10.2 Å². The number of hydrogen-bond donors (Lipinski definition) is 1. The molecule has 8 heteroatoms. The van der Waals surface area contributed by atoms with Gasteiger partial charge in [0.2, 0.25) is 0 Å². The van der Waals surface area contributed by atoms with Crippen molar-refractivity contribution in [1.82, 2.24) is 20.2 Å². The van der Waals surface area contributed by atoms with E-state index in [4.69, 9.17) is 5.26 Å². The molecule has 0 unspecified atom stereocenters. The first kappa shape index (κ1) is 19.7. The first-order chi connectivity index (χ1) is 14.6. The van der Waals surface area contributed by atoms with Gasteiger partial charge in [-0.15, -0.1) is 10.2 Å². The zero-order valence-corrected chi connectivity index (χ0v) is 16.5. The summed E-state index contributed by atoms with van der Waals surface area (Å²) in [5, 5.41) is 27.8. The minimum Gasteiger partial charge on any atom is -0.507 e. The van der Waals surface area contributed by atoms with Crippen LogP contribution in [0.3, 0.4) is 0 Å². The van der Waals surface area contributed by atoms with Crippen LogP contribution < -0.4 is 4.90 Å². The van der Waals surface area contributed by atoms with Crippen LogP contribution in [0, 0.1) is 11.3 Å². The lowest BCUT2D eigenvalue weighted by molar-refractivity contribution is 0.213. The average Bonchev–Trinajstić information content (AvgIpc) is 2.79. The molecule has 4 rings (SSSR count). The second-order valence-corrected chi connectivity index (χ2v) is 7.39. The van der Waals surface area contributed by atoms with Crippen LogP contribution in [0.25, 0.3) is 22.5 Å². The van der Waals surface area contributed by atoms with Gasteiger partial charge in [-0.05, 0) is 37.1 Å². The van der Waals surface area contributed by atoms with Crippen molar-refractivity contribution in [3.63, 3.8) is 0 Å². The number of nitriles is 1. The highest BCUT2D eigenvalue weighted by molar-refractivity contribution is 5.73. The average molecular weight is 404 g/mol. The maximum atomic E-state index is 14.3. The molecule has 1 aliphatic rings. The molecule has 2 atom stereocenters. The van der Waals surface area contributed by atoms with E-state index in [1.807, 2.05) is 18.0 Å². The van der Waals surface area contributed by atoms with Gasteiger partial charge in [0.05, 0.1) is 29.8 Å². The predicted molar refractivity (Wildman–Crippen MR) is 110 cm³/mol. The summed E-state index contributed by atoms with van der Waals surface area (Å²) in [6.45, 7) is 0. The van der Waals surface area contributed by atoms with E-state index < -0.39 is 6.17 Å². The summed E-state index contributed by atoms with van der Waals surface area (Å²) in [7, 11) is 1.84. The predicted octanol–water partition coefficient (Wildman–Crippen LogP) is 3.89. The number of phenols is 1. The zero-order valence-electron chi connectivity index (χ0n) is 16.5. The molecule has 1 aromatic carbocycles. The summed E-state index contributed by atoms with van der Waals surface area (Å²) in [5.74, 6) is 0.641. The second-order valence-electron chi connectivity index (χ2n) is 7.39. The highest BCUT2D eigenvalue weighted by Crippen LogP contribution is 2.33. The van der Waals surface area contributed by atoms with E-state index >= 15 is 0 Å². The summed E-state index contributed by atoms with van der Waals surface area (Å²) in [4.78, 5) is 10.0. The van der Waals surface area contributed by atoms with E-state index in [1.165, 1.54) is 12.4 Å². The molecule has 7 nitrogen and oxygen atoms in total. The fourth-order valence-corrected chi connectivity index (χ4v) is 3.77. The van der Waals surface area contributed by atoms with Gasteiger partial charge in [-0.3, -0.25) is 4.98 Å². The summed E-state index contributed by atoms with van der Waals surface area (Å²) < 4.78 is 14.3. The molecule has 1 N–H and O–H groups in total. The third-order valence-corrected chi connectivity index (χ3v) is 5.49. The molecule has 1 fully saturated rings. The fourth-order valence-electron chi connectivity index (χ4n) is 3.77. The highest BCUT2D eigenvalue weighted by Gasteiger charge is 2.29. The Balaban J connectivity index is 1.54. The Morgan fingerprint density at radius 2 is 1.90 bits per heavy atom. The number of aromatic nitrogens is 4. The van der Waals surface area contributed by atoms with E-state index in [-0.39, 0.29) is 17.5 Å². The maximum absolute atomic E-state index is 14.3. The summed E-state index contributed by atoms with van der Waals surface area (Å²) in [6.07, 6.45) is 5.36. The van der Waals surface area contributed by atoms with Crippen LogP contribution in [-0.2, 0) is 0 Å². The van der Waals surface area contributed by atoms with Gasteiger partial charge in [-0.1, -0.05) is 18.9 Å². The topological polar surface area (TPSA) is 98.8 Å². The van der Waals surface area contributed by atoms with Gasteiger partial charge in [0.1, 0.15) is 18.0 Å². The third-order valence-electron chi connectivity index (χ3n) is 5.49. The van der Waals surface area contributed by atoms with Gasteiger partial charge in [0.25, 0.3) is 0 Å². The van der Waals surface area contributed by atoms with Gasteiger partial charge >= 0.3 is 0 Å². The first-order valence-electron chi connectivity index (χ1n) is 9.83. The summed E-state index contributed by atoms with van der Waals surface area (Å²) >= 11 is 0. The zero-order chi connectivity index (χ0) is 21.1. The van der Waals surface area contributed by atoms with E-state index in [0.717, 1.165) is 19.3 Å². The molecule has 2 heterocycles. The Hall–Kier alpha value is -3.60. The van der Waals surface area contributed by atoms with Crippen molar-refractivity contribution in [2.24, 2.45) is 0 Å². The van der Waals surface area contributed by atoms with Crippen molar-refractivity contribution >= 4 is 5.82 Å². The molecule has 30 heavy (non-hydrogen) atoms. The van der Waals surface area contributed by atoms with Gasteiger partial charge in [0.15, 0.2) is 11.5 Å². The number of nitrogens with zero attached hydrogens (tertiary/aromatic N) is 6. The summed E-state index contributed by atoms with van der Waals surface area (Å²) in [5.41, 5.74) is 2.49. The largest absolute Gasteiger partial charge is 0.507 e. The van der Waals surface area contributed by atoms with Crippen molar-refractivity contribution < 1.29 is 9.50 Å². The Labute approximate surface area is 173 Å². The van der Waals surface area contributed by atoms with Crippen molar-refractivity contribution in [3.05, 3.63) is 48.4 Å². The Morgan fingerprint density at radius 3 is 2.53 bits per heavy atom. The number of anilines is 1. The number of rotatable bonds is 4. The molecule has 0 spiro atoms. The molecule has 0 radical (unpaired) electrons. The normalized spacial score (nSPS) is 18.6. The lowest BCUT2D eigenvalue weighted by Crippen LogP contribution is -2.41. The van der Waals surface area contributed by atoms with Gasteiger partial charge in [0, 0.05) is 18.2 Å². The minimum absolute atomic E-state index is 0.0326. The third kappa shape index (κ3) is 3.92. The SMILES string of the molecule is CN(c1ccc(-c2ccc(-c3cnc(C#N)cn3)cc2O)nn1)[C@H]1CCCC[C@H]1F. The second kappa shape index (κ2) is 8.41. The molecule has 3 aromatic rings. The Kier molecular flexibility index (Phi) is 5.53. The molecule has 0 saturated heterocycles. The van der Waals surface area contributed by atoms with E-state index in [2.05, 4.69) is 20.2 Å². The number of aromatic hydroxyl groups is 1. The Morgan fingerprint density at radius 1 is 1.07 bits per heavy atom. The Bertz CT molecular complexity index is 1060. The lowest BCUT2D eigenvalue weighted by atomic mass is 9.92. The van der Waals surface area contributed by atoms with Crippen molar-refractivity contribution in [1.29, 1.82) is 5.26 Å². The minimum atomic E-state index is -0.855.